The average Bonchev–Trinajstić information content (AvgIpc) is 2.46. The van der Waals surface area contributed by atoms with E-state index in [4.69, 9.17) is 0 Å². The first-order chi connectivity index (χ1) is 6.68. The standard InChI is InChI=1S/C10H17N3S/c1-7-6-11-13(3)9(7)10-12-8(2)4-5-14-10/h6,8,10,12H,4-5H2,1-3H3. The second-order valence-corrected chi connectivity index (χ2v) is 5.16. The summed E-state index contributed by atoms with van der Waals surface area (Å²) in [6.07, 6.45) is 3.20. The number of hydrogen-bond acceptors (Lipinski definition) is 3. The van der Waals surface area contributed by atoms with Crippen molar-refractivity contribution < 1.29 is 0 Å². The highest BCUT2D eigenvalue weighted by molar-refractivity contribution is 7.99. The van der Waals surface area contributed by atoms with Gasteiger partial charge in [0.15, 0.2) is 0 Å². The van der Waals surface area contributed by atoms with Crippen LogP contribution in [-0.2, 0) is 7.05 Å². The van der Waals surface area contributed by atoms with Gasteiger partial charge < -0.3 is 0 Å². The lowest BCUT2D eigenvalue weighted by Gasteiger charge is -2.28. The summed E-state index contributed by atoms with van der Waals surface area (Å²) in [5, 5.41) is 8.30. The van der Waals surface area contributed by atoms with Gasteiger partial charge in [0.2, 0.25) is 0 Å². The van der Waals surface area contributed by atoms with Crippen molar-refractivity contribution in [3.05, 3.63) is 17.5 Å². The predicted molar refractivity (Wildman–Crippen MR) is 60.4 cm³/mol. The van der Waals surface area contributed by atoms with E-state index in [1.54, 1.807) is 0 Å². The van der Waals surface area contributed by atoms with Crippen molar-refractivity contribution in [3.8, 4) is 0 Å². The first-order valence-corrected chi connectivity index (χ1v) is 6.09. The van der Waals surface area contributed by atoms with Crippen molar-refractivity contribution in [2.24, 2.45) is 7.05 Å². The van der Waals surface area contributed by atoms with Gasteiger partial charge in [0.05, 0.1) is 17.3 Å². The van der Waals surface area contributed by atoms with Crippen LogP contribution in [0.4, 0.5) is 0 Å². The summed E-state index contributed by atoms with van der Waals surface area (Å²) in [5.74, 6) is 1.24. The molecule has 0 amide bonds. The Balaban J connectivity index is 2.21. The smallest absolute Gasteiger partial charge is 0.0963 e. The Morgan fingerprint density at radius 1 is 1.64 bits per heavy atom. The van der Waals surface area contributed by atoms with Gasteiger partial charge in [-0.25, -0.2) is 0 Å². The van der Waals surface area contributed by atoms with E-state index in [0.29, 0.717) is 11.4 Å². The van der Waals surface area contributed by atoms with Gasteiger partial charge in [-0.2, -0.15) is 5.10 Å². The molecule has 78 valence electrons. The minimum atomic E-state index is 0.422. The van der Waals surface area contributed by atoms with Crippen LogP contribution in [0.15, 0.2) is 6.20 Å². The highest BCUT2D eigenvalue weighted by Gasteiger charge is 2.23. The van der Waals surface area contributed by atoms with Crippen LogP contribution in [0.5, 0.6) is 0 Å². The third kappa shape index (κ3) is 1.81. The molecule has 1 aliphatic heterocycles. The molecular weight excluding hydrogens is 194 g/mol. The maximum atomic E-state index is 4.28. The topological polar surface area (TPSA) is 29.9 Å². The van der Waals surface area contributed by atoms with Gasteiger partial charge in [-0.1, -0.05) is 0 Å². The van der Waals surface area contributed by atoms with E-state index in [-0.39, 0.29) is 0 Å². The number of rotatable bonds is 1. The van der Waals surface area contributed by atoms with Crippen LogP contribution in [0.2, 0.25) is 0 Å². The molecule has 14 heavy (non-hydrogen) atoms. The molecule has 0 bridgehead atoms. The van der Waals surface area contributed by atoms with E-state index >= 15 is 0 Å². The highest BCUT2D eigenvalue weighted by Crippen LogP contribution is 2.32. The molecule has 2 unspecified atom stereocenters. The van der Waals surface area contributed by atoms with Crippen LogP contribution in [0.1, 0.15) is 30.0 Å². The van der Waals surface area contributed by atoms with Crippen LogP contribution >= 0.6 is 11.8 Å². The van der Waals surface area contributed by atoms with Crippen molar-refractivity contribution in [3.63, 3.8) is 0 Å². The summed E-state index contributed by atoms with van der Waals surface area (Å²) in [5.41, 5.74) is 2.60. The summed E-state index contributed by atoms with van der Waals surface area (Å²) >= 11 is 1.98. The molecule has 3 nitrogen and oxygen atoms in total. The number of hydrogen-bond donors (Lipinski definition) is 1. The summed E-state index contributed by atoms with van der Waals surface area (Å²) in [6.45, 7) is 4.38. The highest BCUT2D eigenvalue weighted by atomic mass is 32.2. The number of aryl methyl sites for hydroxylation is 2. The van der Waals surface area contributed by atoms with Crippen LogP contribution in [0.25, 0.3) is 0 Å². The fourth-order valence-corrected chi connectivity index (χ4v) is 3.39. The van der Waals surface area contributed by atoms with E-state index in [2.05, 4.69) is 24.3 Å². The zero-order valence-corrected chi connectivity index (χ0v) is 9.77. The average molecular weight is 211 g/mol. The van der Waals surface area contributed by atoms with E-state index in [9.17, 15) is 0 Å². The molecule has 2 atom stereocenters. The molecule has 0 aromatic carbocycles. The Labute approximate surface area is 89.3 Å². The van der Waals surface area contributed by atoms with Gasteiger partial charge in [0.1, 0.15) is 0 Å². The molecule has 1 aromatic heterocycles. The fraction of sp³-hybridized carbons (Fsp3) is 0.700. The molecule has 0 radical (unpaired) electrons. The molecule has 4 heteroatoms. The maximum absolute atomic E-state index is 4.28. The Hall–Kier alpha value is -0.480. The Morgan fingerprint density at radius 2 is 2.43 bits per heavy atom. The maximum Gasteiger partial charge on any atom is 0.0963 e. The van der Waals surface area contributed by atoms with Gasteiger partial charge in [0.25, 0.3) is 0 Å². The van der Waals surface area contributed by atoms with Crippen LogP contribution < -0.4 is 5.32 Å². The van der Waals surface area contributed by atoms with Gasteiger partial charge in [-0.3, -0.25) is 10.00 Å². The summed E-state index contributed by atoms with van der Waals surface area (Å²) in [6, 6.07) is 0.621. The largest absolute Gasteiger partial charge is 0.298 e. The lowest BCUT2D eigenvalue weighted by molar-refractivity contribution is 0.493. The molecule has 1 N–H and O–H groups in total. The molecular formula is C10H17N3S. The first-order valence-electron chi connectivity index (χ1n) is 5.04. The lowest BCUT2D eigenvalue weighted by atomic mass is 10.2. The van der Waals surface area contributed by atoms with Gasteiger partial charge >= 0.3 is 0 Å². The third-order valence-electron chi connectivity index (χ3n) is 2.70. The van der Waals surface area contributed by atoms with Crippen molar-refractivity contribution in [1.82, 2.24) is 15.1 Å². The zero-order chi connectivity index (χ0) is 10.1. The zero-order valence-electron chi connectivity index (χ0n) is 8.95. The molecule has 1 aromatic rings. The lowest BCUT2D eigenvalue weighted by Crippen LogP contribution is -2.34. The monoisotopic (exact) mass is 211 g/mol. The number of nitrogens with one attached hydrogen (secondary N) is 1. The number of thioether (sulfide) groups is 1. The van der Waals surface area contributed by atoms with E-state index in [1.807, 2.05) is 29.7 Å². The van der Waals surface area contributed by atoms with E-state index < -0.39 is 0 Å². The molecule has 1 aliphatic rings. The predicted octanol–water partition coefficient (Wildman–Crippen LogP) is 1.84. The molecule has 2 rings (SSSR count). The summed E-state index contributed by atoms with van der Waals surface area (Å²) in [7, 11) is 2.02. The molecule has 1 fully saturated rings. The Bertz CT molecular complexity index is 302. The number of nitrogens with zero attached hydrogens (tertiary/aromatic N) is 2. The third-order valence-corrected chi connectivity index (χ3v) is 3.86. The van der Waals surface area contributed by atoms with E-state index in [1.165, 1.54) is 23.4 Å². The number of aromatic nitrogens is 2. The second-order valence-electron chi connectivity index (χ2n) is 3.94. The van der Waals surface area contributed by atoms with Crippen molar-refractivity contribution in [2.45, 2.75) is 31.7 Å². The SMILES string of the molecule is Cc1cnn(C)c1C1NC(C)CCS1. The van der Waals surface area contributed by atoms with E-state index in [0.717, 1.165) is 0 Å². The fourth-order valence-electron chi connectivity index (χ4n) is 1.84. The first kappa shape index (κ1) is 10.1. The van der Waals surface area contributed by atoms with Crippen LogP contribution in [0.3, 0.4) is 0 Å². The molecule has 1 saturated heterocycles. The van der Waals surface area contributed by atoms with Gasteiger partial charge in [0, 0.05) is 13.1 Å². The van der Waals surface area contributed by atoms with Crippen molar-refractivity contribution >= 4 is 11.8 Å². The van der Waals surface area contributed by atoms with Crippen LogP contribution in [0, 0.1) is 6.92 Å². The van der Waals surface area contributed by atoms with Gasteiger partial charge in [-0.05, 0) is 31.6 Å². The Kier molecular flexibility index (Phi) is 2.83. The van der Waals surface area contributed by atoms with Crippen molar-refractivity contribution in [1.29, 1.82) is 0 Å². The second kappa shape index (κ2) is 3.95. The Morgan fingerprint density at radius 3 is 3.00 bits per heavy atom. The normalized spacial score (nSPS) is 27.9. The molecule has 0 spiro atoms. The molecule has 2 heterocycles. The summed E-state index contributed by atoms with van der Waals surface area (Å²) < 4.78 is 1.98. The minimum absolute atomic E-state index is 0.422. The minimum Gasteiger partial charge on any atom is -0.298 e. The van der Waals surface area contributed by atoms with Crippen LogP contribution in [-0.4, -0.2) is 21.6 Å². The van der Waals surface area contributed by atoms with Gasteiger partial charge in [-0.15, -0.1) is 11.8 Å². The quantitative estimate of drug-likeness (QED) is 0.768. The van der Waals surface area contributed by atoms with Crippen molar-refractivity contribution in [2.75, 3.05) is 5.75 Å². The summed E-state index contributed by atoms with van der Waals surface area (Å²) in [4.78, 5) is 0. The molecule has 0 aliphatic carbocycles. The molecule has 0 saturated carbocycles.